The second-order valence-electron chi connectivity index (χ2n) is 17.5. The number of H-pyrrole nitrogens is 1. The van der Waals surface area contributed by atoms with Gasteiger partial charge in [0, 0.05) is 92.9 Å². The topological polar surface area (TPSA) is 182 Å². The summed E-state index contributed by atoms with van der Waals surface area (Å²) in [5.41, 5.74) is 5.08. The van der Waals surface area contributed by atoms with Crippen molar-refractivity contribution in [3.05, 3.63) is 111 Å². The molecular weight excluding hydrogens is 862 g/mol. The van der Waals surface area contributed by atoms with Crippen molar-refractivity contribution in [1.82, 2.24) is 24.5 Å². The van der Waals surface area contributed by atoms with E-state index in [9.17, 15) is 23.3 Å². The molecule has 5 heterocycles. The van der Waals surface area contributed by atoms with Crippen molar-refractivity contribution in [3.63, 3.8) is 0 Å². The van der Waals surface area contributed by atoms with E-state index in [1.54, 1.807) is 24.4 Å². The van der Waals surface area contributed by atoms with Crippen molar-refractivity contribution in [2.24, 2.45) is 5.41 Å². The van der Waals surface area contributed by atoms with Gasteiger partial charge in [0.25, 0.3) is 15.9 Å². The molecule has 2 aromatic heterocycles. The van der Waals surface area contributed by atoms with E-state index in [1.807, 2.05) is 18.2 Å². The number of nitrogens with zero attached hydrogens (tertiary/aromatic N) is 5. The molecule has 4 aliphatic rings. The molecule has 9 rings (SSSR count). The maximum atomic E-state index is 14.0. The molecule has 0 radical (unpaired) electrons. The van der Waals surface area contributed by atoms with E-state index in [0.717, 1.165) is 67.1 Å². The predicted octanol–water partition coefficient (Wildman–Crippen LogP) is 7.29. The minimum atomic E-state index is -4.68. The molecule has 2 N–H and O–H groups in total. The number of fused-ring (bicyclic) bond motifs is 2. The zero-order chi connectivity index (χ0) is 44.6. The highest BCUT2D eigenvalue weighted by atomic mass is 35.5. The van der Waals surface area contributed by atoms with Crippen molar-refractivity contribution < 1.29 is 37.1 Å². The summed E-state index contributed by atoms with van der Waals surface area (Å²) in [5.74, 6) is -0.835. The van der Waals surface area contributed by atoms with Crippen molar-refractivity contribution in [1.29, 1.82) is 0 Å². The number of pyridine rings is 1. The minimum Gasteiger partial charge on any atom is -0.485 e. The van der Waals surface area contributed by atoms with Crippen LogP contribution in [0.2, 0.25) is 5.02 Å². The number of sulfonamides is 1. The summed E-state index contributed by atoms with van der Waals surface area (Å²) in [6.45, 7) is 11.6. The standard InChI is InChI=1S/C46H50ClN7O9S/c1-46(2)11-9-32(39(25-46)30-3-5-33(47)6-4-30)27-51-13-15-53(16-14-51)34-7-8-38(41(22-34)62-35-21-31-10-12-48-44(31)49-26-35)45(55)50-64(58,59)37-23-40(54(56)57)43-42(24-37)61-29-36(63-43)28-52-17-19-60-20-18-52/h3-8,10,12,21-24,26,36H,9,11,13-20,25,27-29H2,1-2H3,(H,48,49)(H,50,55)/t36-/m0/s1. The van der Waals surface area contributed by atoms with E-state index >= 15 is 0 Å². The fourth-order valence-corrected chi connectivity index (χ4v) is 9.97. The Kier molecular flexibility index (Phi) is 12.3. The van der Waals surface area contributed by atoms with Gasteiger partial charge in [0.1, 0.15) is 29.9 Å². The zero-order valence-electron chi connectivity index (χ0n) is 35.7. The van der Waals surface area contributed by atoms with E-state index in [0.29, 0.717) is 57.3 Å². The Morgan fingerprint density at radius 2 is 1.80 bits per heavy atom. The van der Waals surface area contributed by atoms with Crippen molar-refractivity contribution in [2.75, 3.05) is 77.1 Å². The van der Waals surface area contributed by atoms with Crippen LogP contribution in [-0.2, 0) is 14.8 Å². The molecule has 1 amide bonds. The van der Waals surface area contributed by atoms with Gasteiger partial charge < -0.3 is 28.8 Å². The SMILES string of the molecule is CC1(C)CCC(CN2CCN(c3ccc(C(=O)NS(=O)(=O)c4cc5c(c([N+](=O)[O-])c4)O[C@@H](CN4CCOCC4)CO5)c(Oc4cnc5[nH]ccc5c4)c3)CC2)=C(c2ccc(Cl)cc2)C1. The Labute approximate surface area is 376 Å². The number of nitro groups is 1. The quantitative estimate of drug-likeness (QED) is 0.0942. The average molecular weight is 912 g/mol. The number of rotatable bonds is 12. The molecule has 336 valence electrons. The lowest BCUT2D eigenvalue weighted by molar-refractivity contribution is -0.386. The van der Waals surface area contributed by atoms with Gasteiger partial charge in [0.2, 0.25) is 5.75 Å². The molecule has 3 aromatic carbocycles. The van der Waals surface area contributed by atoms with Crippen LogP contribution in [0.15, 0.2) is 89.6 Å². The summed E-state index contributed by atoms with van der Waals surface area (Å²) in [5, 5.41) is 13.8. The molecule has 0 saturated carbocycles. The molecule has 16 nitrogen and oxygen atoms in total. The number of piperazine rings is 1. The lowest BCUT2D eigenvalue weighted by Crippen LogP contribution is -2.47. The van der Waals surface area contributed by atoms with Crippen LogP contribution in [0, 0.1) is 15.5 Å². The van der Waals surface area contributed by atoms with Gasteiger partial charge in [0.15, 0.2) is 5.75 Å². The Bertz CT molecular complexity index is 2710. The van der Waals surface area contributed by atoms with Crippen molar-refractivity contribution in [3.8, 4) is 23.0 Å². The first-order valence-electron chi connectivity index (χ1n) is 21.5. The second kappa shape index (κ2) is 18.0. The molecule has 5 aromatic rings. The number of nitro benzene ring substituents is 1. The van der Waals surface area contributed by atoms with E-state index in [-0.39, 0.29) is 34.8 Å². The monoisotopic (exact) mass is 911 g/mol. The summed E-state index contributed by atoms with van der Waals surface area (Å²) in [7, 11) is -4.68. The van der Waals surface area contributed by atoms with Gasteiger partial charge in [-0.2, -0.15) is 0 Å². The highest BCUT2D eigenvalue weighted by Gasteiger charge is 2.35. The fourth-order valence-electron chi connectivity index (χ4n) is 8.84. The molecule has 2 saturated heterocycles. The number of hydrogen-bond acceptors (Lipinski definition) is 13. The van der Waals surface area contributed by atoms with Gasteiger partial charge in [-0.15, -0.1) is 0 Å². The number of anilines is 1. The molecular formula is C46H50ClN7O9S. The van der Waals surface area contributed by atoms with E-state index in [1.165, 1.54) is 29.0 Å². The molecule has 3 aliphatic heterocycles. The Morgan fingerprint density at radius 1 is 1.02 bits per heavy atom. The third kappa shape index (κ3) is 9.68. The van der Waals surface area contributed by atoms with E-state index < -0.39 is 37.5 Å². The average Bonchev–Trinajstić information content (AvgIpc) is 3.75. The number of aromatic nitrogens is 2. The summed E-state index contributed by atoms with van der Waals surface area (Å²) in [6.07, 6.45) is 5.92. The van der Waals surface area contributed by atoms with E-state index in [2.05, 4.69) is 55.4 Å². The lowest BCUT2D eigenvalue weighted by atomic mass is 9.72. The normalized spacial score (nSPS) is 19.4. The summed E-state index contributed by atoms with van der Waals surface area (Å²) in [6, 6.07) is 18.8. The largest absolute Gasteiger partial charge is 0.485 e. The summed E-state index contributed by atoms with van der Waals surface area (Å²) in [4.78, 5) is 39.3. The third-order valence-electron chi connectivity index (χ3n) is 12.4. The lowest BCUT2D eigenvalue weighted by Gasteiger charge is -2.39. The van der Waals surface area contributed by atoms with Crippen LogP contribution in [0.3, 0.4) is 0 Å². The summed E-state index contributed by atoms with van der Waals surface area (Å²) < 4.78 is 53.5. The maximum absolute atomic E-state index is 14.0. The Balaban J connectivity index is 0.938. The minimum absolute atomic E-state index is 0.0463. The molecule has 2 fully saturated rings. The number of nitrogens with one attached hydrogen (secondary N) is 2. The number of allylic oxidation sites excluding steroid dienone is 1. The molecule has 0 spiro atoms. The van der Waals surface area contributed by atoms with Gasteiger partial charge >= 0.3 is 5.69 Å². The molecule has 0 bridgehead atoms. The second-order valence-corrected chi connectivity index (χ2v) is 19.6. The highest BCUT2D eigenvalue weighted by molar-refractivity contribution is 7.90. The van der Waals surface area contributed by atoms with Gasteiger partial charge in [-0.25, -0.2) is 18.1 Å². The first-order chi connectivity index (χ1) is 30.8. The number of carbonyl (C=O) groups is 1. The van der Waals surface area contributed by atoms with Crippen LogP contribution in [-0.4, -0.2) is 117 Å². The van der Waals surface area contributed by atoms with Crippen LogP contribution in [0.4, 0.5) is 11.4 Å². The predicted molar refractivity (Wildman–Crippen MR) is 242 cm³/mol. The first-order valence-corrected chi connectivity index (χ1v) is 23.3. The summed E-state index contributed by atoms with van der Waals surface area (Å²) >= 11 is 6.25. The molecule has 18 heteroatoms. The Morgan fingerprint density at radius 3 is 2.56 bits per heavy atom. The highest BCUT2D eigenvalue weighted by Crippen LogP contribution is 2.45. The number of ether oxygens (including phenoxy) is 4. The van der Waals surface area contributed by atoms with E-state index in [4.69, 9.17) is 30.5 Å². The van der Waals surface area contributed by atoms with Gasteiger partial charge in [-0.3, -0.25) is 24.7 Å². The number of morpholine rings is 1. The molecule has 1 atom stereocenters. The third-order valence-corrected chi connectivity index (χ3v) is 13.9. The van der Waals surface area contributed by atoms with Crippen LogP contribution < -0.4 is 23.8 Å². The van der Waals surface area contributed by atoms with Crippen LogP contribution in [0.25, 0.3) is 16.6 Å². The molecule has 1 aliphatic carbocycles. The number of benzene rings is 3. The van der Waals surface area contributed by atoms with Crippen molar-refractivity contribution >= 4 is 55.5 Å². The smallest absolute Gasteiger partial charge is 0.316 e. The van der Waals surface area contributed by atoms with Gasteiger partial charge in [-0.05, 0) is 72.2 Å². The first kappa shape index (κ1) is 43.5. The number of aromatic amines is 1. The van der Waals surface area contributed by atoms with Gasteiger partial charge in [0.05, 0.1) is 34.8 Å². The molecule has 0 unspecified atom stereocenters. The van der Waals surface area contributed by atoms with Crippen LogP contribution in [0.1, 0.15) is 49.0 Å². The number of halogens is 1. The Hall–Kier alpha value is -5.72. The number of amides is 1. The van der Waals surface area contributed by atoms with Crippen LogP contribution >= 0.6 is 11.6 Å². The number of hydrogen-bond donors (Lipinski definition) is 2. The zero-order valence-corrected chi connectivity index (χ0v) is 37.3. The fraction of sp³-hybridized carbons (Fsp3) is 0.391. The van der Waals surface area contributed by atoms with Gasteiger partial charge in [-0.1, -0.05) is 43.2 Å². The molecule has 64 heavy (non-hydrogen) atoms. The number of carbonyl (C=O) groups excluding carboxylic acids is 1. The maximum Gasteiger partial charge on any atom is 0.316 e. The van der Waals surface area contributed by atoms with Crippen LogP contribution in [0.5, 0.6) is 23.0 Å². The van der Waals surface area contributed by atoms with Crippen molar-refractivity contribution in [2.45, 2.75) is 44.1 Å².